The molecule has 2 radical (unpaired) electrons. The number of aliphatic hydroxyl groups is 1. The van der Waals surface area contributed by atoms with Crippen LogP contribution < -0.4 is 5.46 Å². The zero-order chi connectivity index (χ0) is 9.56. The molecule has 4 heteroatoms. The van der Waals surface area contributed by atoms with Crippen molar-refractivity contribution in [1.82, 2.24) is 0 Å². The van der Waals surface area contributed by atoms with Crippen LogP contribution in [0.15, 0.2) is 18.2 Å². The summed E-state index contributed by atoms with van der Waals surface area (Å²) < 4.78 is 12.5. The first-order valence-electron chi connectivity index (χ1n) is 3.19. The van der Waals surface area contributed by atoms with E-state index in [4.69, 9.17) is 13.0 Å². The van der Waals surface area contributed by atoms with Crippen molar-refractivity contribution in [3.05, 3.63) is 29.6 Å². The lowest BCUT2D eigenvalue weighted by Crippen LogP contribution is -2.03. The molecule has 1 aromatic carbocycles. The molecule has 0 fully saturated rings. The maximum Gasteiger partial charge on any atom is 0.152 e. The molecule has 12 heavy (non-hydrogen) atoms. The summed E-state index contributed by atoms with van der Waals surface area (Å²) in [5, 5.41) is 7.00. The average Bonchev–Trinajstić information content (AvgIpc) is 2.08. The Labute approximate surface area is 71.4 Å². The van der Waals surface area contributed by atoms with Crippen molar-refractivity contribution < 1.29 is 14.3 Å². The zero-order valence-corrected chi connectivity index (χ0v) is 6.62. The lowest BCUT2D eigenvalue weighted by molar-refractivity contribution is 0.112. The van der Waals surface area contributed by atoms with E-state index < -0.39 is 5.82 Å². The number of hydrogen-bond donors (Lipinski definition) is 1. The number of benzene rings is 1. The highest BCUT2D eigenvalue weighted by atomic mass is 19.1. The van der Waals surface area contributed by atoms with Crippen LogP contribution in [0.4, 0.5) is 4.39 Å². The molecule has 0 heterocycles. The minimum atomic E-state index is -0.574. The molecule has 0 amide bonds. The van der Waals surface area contributed by atoms with Gasteiger partial charge in [-0.2, -0.15) is 0 Å². The molecule has 0 saturated carbocycles. The third-order valence-corrected chi connectivity index (χ3v) is 1.15. The highest BCUT2D eigenvalue weighted by Crippen LogP contribution is 1.99. The quantitative estimate of drug-likeness (QED) is 0.472. The fourth-order valence-electron chi connectivity index (χ4n) is 0.639. The molecule has 0 aliphatic heterocycles. The summed E-state index contributed by atoms with van der Waals surface area (Å²) in [6.07, 6.45) is 0.453. The Balaban J connectivity index is 0.000000561. The summed E-state index contributed by atoms with van der Waals surface area (Å²) in [5.41, 5.74) is 0.359. The summed E-state index contributed by atoms with van der Waals surface area (Å²) in [5.74, 6) is -0.574. The van der Waals surface area contributed by atoms with E-state index in [2.05, 4.69) is 0 Å². The van der Waals surface area contributed by atoms with Crippen molar-refractivity contribution in [1.29, 1.82) is 0 Å². The number of carbonyl (C=O) groups is 1. The van der Waals surface area contributed by atoms with Gasteiger partial charge in [-0.15, -0.1) is 0 Å². The van der Waals surface area contributed by atoms with Crippen LogP contribution in [0.2, 0.25) is 0 Å². The monoisotopic (exact) mass is 166 g/mol. The van der Waals surface area contributed by atoms with Gasteiger partial charge in [0.25, 0.3) is 0 Å². The van der Waals surface area contributed by atoms with E-state index in [9.17, 15) is 9.18 Å². The standard InChI is InChI=1S/C7H4BFO.CH4O/c8-6-2-1-5(4-10)7(9)3-6;1-2/h1-4H;2H,1H3. The Morgan fingerprint density at radius 3 is 2.50 bits per heavy atom. The van der Waals surface area contributed by atoms with E-state index in [1.54, 1.807) is 0 Å². The molecule has 0 spiro atoms. The van der Waals surface area contributed by atoms with Crippen molar-refractivity contribution in [2.75, 3.05) is 7.11 Å². The predicted octanol–water partition coefficient (Wildman–Crippen LogP) is 0.0405. The van der Waals surface area contributed by atoms with Crippen LogP contribution >= 0.6 is 0 Å². The SMILES string of the molecule is CO.[B]c1ccc(C=O)c(F)c1. The van der Waals surface area contributed by atoms with Crippen LogP contribution in [0.5, 0.6) is 0 Å². The van der Waals surface area contributed by atoms with Crippen molar-refractivity contribution >= 4 is 19.6 Å². The zero-order valence-electron chi connectivity index (χ0n) is 6.62. The van der Waals surface area contributed by atoms with Gasteiger partial charge in [0, 0.05) is 12.7 Å². The molecule has 0 aliphatic carbocycles. The molecule has 2 nitrogen and oxygen atoms in total. The summed E-state index contributed by atoms with van der Waals surface area (Å²) in [6, 6.07) is 3.94. The number of aliphatic hydroxyl groups excluding tert-OH is 1. The number of rotatable bonds is 1. The second-order valence-corrected chi connectivity index (χ2v) is 1.90. The van der Waals surface area contributed by atoms with Crippen LogP contribution in [0.1, 0.15) is 10.4 Å². The molecule has 1 N–H and O–H groups in total. The average molecular weight is 166 g/mol. The number of aldehydes is 1. The van der Waals surface area contributed by atoms with Gasteiger partial charge in [0.05, 0.1) is 0 Å². The molecular weight excluding hydrogens is 158 g/mol. The first-order chi connectivity index (χ1) is 5.74. The van der Waals surface area contributed by atoms with E-state index in [0.29, 0.717) is 11.7 Å². The normalized spacial score (nSPS) is 8.25. The number of carbonyl (C=O) groups excluding carboxylic acids is 1. The topological polar surface area (TPSA) is 37.3 Å². The smallest absolute Gasteiger partial charge is 0.152 e. The van der Waals surface area contributed by atoms with Gasteiger partial charge in [-0.25, -0.2) is 4.39 Å². The van der Waals surface area contributed by atoms with E-state index in [1.807, 2.05) is 0 Å². The number of hydrogen-bond acceptors (Lipinski definition) is 2. The highest BCUT2D eigenvalue weighted by molar-refractivity contribution is 6.32. The lowest BCUT2D eigenvalue weighted by atomic mass is 9.95. The first-order valence-corrected chi connectivity index (χ1v) is 3.19. The van der Waals surface area contributed by atoms with Crippen molar-refractivity contribution in [2.45, 2.75) is 0 Å². The molecule has 1 rings (SSSR count). The maximum absolute atomic E-state index is 12.5. The predicted molar refractivity (Wildman–Crippen MR) is 45.3 cm³/mol. The molecule has 62 valence electrons. The summed E-state index contributed by atoms with van der Waals surface area (Å²) in [7, 11) is 6.23. The second kappa shape index (κ2) is 5.49. The van der Waals surface area contributed by atoms with Crippen LogP contribution in [0.25, 0.3) is 0 Å². The number of halogens is 1. The Morgan fingerprint density at radius 1 is 1.50 bits per heavy atom. The van der Waals surface area contributed by atoms with Crippen LogP contribution in [-0.4, -0.2) is 26.3 Å². The Hall–Kier alpha value is -1.16. The van der Waals surface area contributed by atoms with Gasteiger partial charge in [0.2, 0.25) is 0 Å². The highest BCUT2D eigenvalue weighted by Gasteiger charge is 1.97. The van der Waals surface area contributed by atoms with Crippen LogP contribution in [0, 0.1) is 5.82 Å². The van der Waals surface area contributed by atoms with Crippen LogP contribution in [-0.2, 0) is 0 Å². The Bertz CT molecular complexity index is 263. The maximum atomic E-state index is 12.5. The molecule has 0 atom stereocenters. The van der Waals surface area contributed by atoms with Crippen molar-refractivity contribution in [3.8, 4) is 0 Å². The van der Waals surface area contributed by atoms with Crippen LogP contribution in [0.3, 0.4) is 0 Å². The molecule has 1 aromatic rings. The van der Waals surface area contributed by atoms with Gasteiger partial charge >= 0.3 is 0 Å². The van der Waals surface area contributed by atoms with E-state index >= 15 is 0 Å². The third-order valence-electron chi connectivity index (χ3n) is 1.15. The fraction of sp³-hybridized carbons (Fsp3) is 0.125. The lowest BCUT2D eigenvalue weighted by Gasteiger charge is -1.94. The molecule has 0 bridgehead atoms. The molecule has 0 aliphatic rings. The summed E-state index contributed by atoms with van der Waals surface area (Å²) in [6.45, 7) is 0. The largest absolute Gasteiger partial charge is 0.400 e. The summed E-state index contributed by atoms with van der Waals surface area (Å²) in [4.78, 5) is 10.1. The Morgan fingerprint density at radius 2 is 2.08 bits per heavy atom. The molecule has 0 saturated heterocycles. The van der Waals surface area contributed by atoms with Gasteiger partial charge in [-0.1, -0.05) is 11.5 Å². The molecule has 0 aromatic heterocycles. The van der Waals surface area contributed by atoms with Gasteiger partial charge in [-0.05, 0) is 12.1 Å². The van der Waals surface area contributed by atoms with Crippen molar-refractivity contribution in [2.24, 2.45) is 0 Å². The minimum absolute atomic E-state index is 0.0363. The van der Waals surface area contributed by atoms with E-state index in [1.165, 1.54) is 12.1 Å². The third kappa shape index (κ3) is 2.84. The van der Waals surface area contributed by atoms with E-state index in [0.717, 1.165) is 13.2 Å². The first kappa shape index (κ1) is 10.8. The second-order valence-electron chi connectivity index (χ2n) is 1.90. The Kier molecular flexibility index (Phi) is 4.96. The molecular formula is C8H8BFO2. The van der Waals surface area contributed by atoms with E-state index in [-0.39, 0.29) is 5.56 Å². The fourth-order valence-corrected chi connectivity index (χ4v) is 0.639. The van der Waals surface area contributed by atoms with Gasteiger partial charge in [0.1, 0.15) is 13.7 Å². The van der Waals surface area contributed by atoms with Gasteiger partial charge < -0.3 is 5.11 Å². The van der Waals surface area contributed by atoms with Gasteiger partial charge in [0.15, 0.2) is 6.29 Å². The minimum Gasteiger partial charge on any atom is -0.400 e. The van der Waals surface area contributed by atoms with Crippen molar-refractivity contribution in [3.63, 3.8) is 0 Å². The van der Waals surface area contributed by atoms with Gasteiger partial charge in [-0.3, -0.25) is 4.79 Å². The summed E-state index contributed by atoms with van der Waals surface area (Å²) >= 11 is 0. The molecule has 0 unspecified atom stereocenters.